The summed E-state index contributed by atoms with van der Waals surface area (Å²) in [7, 11) is 4.03. The molecule has 2 amide bonds. The van der Waals surface area contributed by atoms with Crippen LogP contribution in [0.25, 0.3) is 0 Å². The zero-order valence-corrected chi connectivity index (χ0v) is 18.6. The monoisotopic (exact) mass is 396 g/mol. The first kappa shape index (κ1) is 23.6. The zero-order chi connectivity index (χ0) is 20.4. The van der Waals surface area contributed by atoms with Gasteiger partial charge in [-0.15, -0.1) is 11.3 Å². The van der Waals surface area contributed by atoms with Gasteiger partial charge in [-0.2, -0.15) is 0 Å². The van der Waals surface area contributed by atoms with Crippen molar-refractivity contribution < 1.29 is 9.59 Å². The van der Waals surface area contributed by atoms with E-state index in [-0.39, 0.29) is 24.3 Å². The maximum Gasteiger partial charge on any atom is 0.245 e. The molecule has 1 N–H and O–H groups in total. The molecule has 0 saturated heterocycles. The van der Waals surface area contributed by atoms with Crippen molar-refractivity contribution in [2.24, 2.45) is 5.92 Å². The normalized spacial score (nSPS) is 12.3. The van der Waals surface area contributed by atoms with Crippen molar-refractivity contribution in [3.8, 4) is 0 Å². The van der Waals surface area contributed by atoms with Crippen LogP contribution in [0, 0.1) is 19.8 Å². The number of anilines is 1. The first-order valence-electron chi connectivity index (χ1n) is 9.95. The standard InChI is InChI=1S/C20H36N4O2S/c1-7-9-11-17(8-2)19(26)24(13-10-12-23(5)6)14-18(25)22-20-21-15(3)16(4)27-20/h17H,7-14H2,1-6H3,(H,21,22,25)/t17-/m0/s1. The summed E-state index contributed by atoms with van der Waals surface area (Å²) in [6.07, 6.45) is 4.68. The quantitative estimate of drug-likeness (QED) is 0.585. The van der Waals surface area contributed by atoms with Crippen LogP contribution in [0.1, 0.15) is 56.5 Å². The molecule has 1 aromatic rings. The molecule has 0 saturated carbocycles. The number of nitrogens with zero attached hydrogens (tertiary/aromatic N) is 3. The molecule has 0 aliphatic rings. The summed E-state index contributed by atoms with van der Waals surface area (Å²) in [4.78, 5) is 34.8. The summed E-state index contributed by atoms with van der Waals surface area (Å²) >= 11 is 1.47. The van der Waals surface area contributed by atoms with Crippen LogP contribution in [0.5, 0.6) is 0 Å². The smallest absolute Gasteiger partial charge is 0.245 e. The van der Waals surface area contributed by atoms with Gasteiger partial charge in [-0.05, 0) is 53.8 Å². The summed E-state index contributed by atoms with van der Waals surface area (Å²) in [5.74, 6) is -0.0693. The van der Waals surface area contributed by atoms with E-state index in [0.717, 1.165) is 49.2 Å². The van der Waals surface area contributed by atoms with E-state index in [1.807, 2.05) is 27.9 Å². The van der Waals surface area contributed by atoms with Gasteiger partial charge in [-0.1, -0.05) is 26.7 Å². The predicted molar refractivity (Wildman–Crippen MR) is 113 cm³/mol. The van der Waals surface area contributed by atoms with Crippen LogP contribution >= 0.6 is 11.3 Å². The number of carbonyl (C=O) groups is 2. The van der Waals surface area contributed by atoms with Gasteiger partial charge in [0.15, 0.2) is 5.13 Å². The van der Waals surface area contributed by atoms with Crippen LogP contribution in [-0.2, 0) is 9.59 Å². The fourth-order valence-corrected chi connectivity index (χ4v) is 3.75. The number of aryl methyl sites for hydroxylation is 2. The van der Waals surface area contributed by atoms with Crippen LogP contribution in [0.4, 0.5) is 5.13 Å². The molecule has 0 spiro atoms. The van der Waals surface area contributed by atoms with E-state index >= 15 is 0 Å². The SMILES string of the molecule is CCCC[C@H](CC)C(=O)N(CCCN(C)C)CC(=O)Nc1nc(C)c(C)s1. The van der Waals surface area contributed by atoms with Gasteiger partial charge in [-0.25, -0.2) is 4.98 Å². The molecule has 0 aromatic carbocycles. The number of unbranched alkanes of at least 4 members (excludes halogenated alkanes) is 1. The van der Waals surface area contributed by atoms with Crippen LogP contribution in [0.2, 0.25) is 0 Å². The highest BCUT2D eigenvalue weighted by atomic mass is 32.1. The average molecular weight is 397 g/mol. The van der Waals surface area contributed by atoms with E-state index in [9.17, 15) is 9.59 Å². The number of thiazole rings is 1. The van der Waals surface area contributed by atoms with Crippen LogP contribution in [0.3, 0.4) is 0 Å². The second-order valence-corrected chi connectivity index (χ2v) is 8.58. The first-order valence-corrected chi connectivity index (χ1v) is 10.8. The summed E-state index contributed by atoms with van der Waals surface area (Å²) in [5.41, 5.74) is 0.930. The Morgan fingerprint density at radius 1 is 1.15 bits per heavy atom. The van der Waals surface area contributed by atoms with Crippen molar-refractivity contribution in [2.45, 2.75) is 59.8 Å². The second kappa shape index (κ2) is 12.1. The minimum atomic E-state index is -0.174. The molecule has 154 valence electrons. The van der Waals surface area contributed by atoms with Crippen LogP contribution < -0.4 is 5.32 Å². The molecule has 1 heterocycles. The maximum atomic E-state index is 13.0. The molecule has 0 radical (unpaired) electrons. The minimum absolute atomic E-state index is 0.00135. The fraction of sp³-hybridized carbons (Fsp3) is 0.750. The highest BCUT2D eigenvalue weighted by Crippen LogP contribution is 2.21. The van der Waals surface area contributed by atoms with Crippen molar-refractivity contribution >= 4 is 28.3 Å². The molecule has 1 rings (SSSR count). The molecule has 0 bridgehead atoms. The lowest BCUT2D eigenvalue weighted by Crippen LogP contribution is -2.42. The molecule has 0 aliphatic carbocycles. The molecule has 0 fully saturated rings. The number of hydrogen-bond donors (Lipinski definition) is 1. The van der Waals surface area contributed by atoms with E-state index in [0.29, 0.717) is 11.7 Å². The lowest BCUT2D eigenvalue weighted by Gasteiger charge is -2.27. The number of nitrogens with one attached hydrogen (secondary N) is 1. The lowest BCUT2D eigenvalue weighted by molar-refractivity contribution is -0.138. The fourth-order valence-electron chi connectivity index (χ4n) is 2.91. The highest BCUT2D eigenvalue weighted by Gasteiger charge is 2.24. The molecule has 0 unspecified atom stereocenters. The van der Waals surface area contributed by atoms with E-state index < -0.39 is 0 Å². The maximum absolute atomic E-state index is 13.0. The molecule has 0 aliphatic heterocycles. The molecular weight excluding hydrogens is 360 g/mol. The minimum Gasteiger partial charge on any atom is -0.333 e. The number of hydrogen-bond acceptors (Lipinski definition) is 5. The third-order valence-electron chi connectivity index (χ3n) is 4.70. The van der Waals surface area contributed by atoms with Gasteiger partial charge < -0.3 is 15.1 Å². The Balaban J connectivity index is 2.76. The summed E-state index contributed by atoms with van der Waals surface area (Å²) in [5, 5.41) is 3.46. The Bertz CT molecular complexity index is 581. The molecule has 27 heavy (non-hydrogen) atoms. The molecule has 1 atom stereocenters. The van der Waals surface area contributed by atoms with Crippen molar-refractivity contribution in [3.05, 3.63) is 10.6 Å². The van der Waals surface area contributed by atoms with E-state index in [1.54, 1.807) is 4.90 Å². The summed E-state index contributed by atoms with van der Waals surface area (Å²) < 4.78 is 0. The first-order chi connectivity index (χ1) is 12.8. The average Bonchev–Trinajstić information content (AvgIpc) is 2.91. The summed E-state index contributed by atoms with van der Waals surface area (Å²) in [6.45, 7) is 9.68. The number of amides is 2. The molecule has 7 heteroatoms. The Labute approximate surface area is 168 Å². The molecule has 6 nitrogen and oxygen atoms in total. The number of carbonyl (C=O) groups excluding carboxylic acids is 2. The van der Waals surface area contributed by atoms with Gasteiger partial charge in [-0.3, -0.25) is 9.59 Å². The van der Waals surface area contributed by atoms with E-state index in [4.69, 9.17) is 0 Å². The molecular formula is C20H36N4O2S. The second-order valence-electron chi connectivity index (χ2n) is 7.37. The van der Waals surface area contributed by atoms with Gasteiger partial charge in [0.05, 0.1) is 12.2 Å². The number of rotatable bonds is 12. The van der Waals surface area contributed by atoms with Crippen molar-refractivity contribution in [1.82, 2.24) is 14.8 Å². The van der Waals surface area contributed by atoms with Gasteiger partial charge in [0, 0.05) is 17.3 Å². The van der Waals surface area contributed by atoms with E-state index in [1.165, 1.54) is 11.3 Å². The van der Waals surface area contributed by atoms with Gasteiger partial charge >= 0.3 is 0 Å². The van der Waals surface area contributed by atoms with Crippen molar-refractivity contribution in [3.63, 3.8) is 0 Å². The largest absolute Gasteiger partial charge is 0.333 e. The van der Waals surface area contributed by atoms with Crippen molar-refractivity contribution in [2.75, 3.05) is 39.0 Å². The Kier molecular flexibility index (Phi) is 10.5. The molecule has 1 aromatic heterocycles. The van der Waals surface area contributed by atoms with Crippen molar-refractivity contribution in [1.29, 1.82) is 0 Å². The van der Waals surface area contributed by atoms with Gasteiger partial charge in [0.1, 0.15) is 0 Å². The number of aromatic nitrogens is 1. The third-order valence-corrected chi connectivity index (χ3v) is 5.69. The van der Waals surface area contributed by atoms with Gasteiger partial charge in [0.2, 0.25) is 11.8 Å². The van der Waals surface area contributed by atoms with Crippen LogP contribution in [-0.4, -0.2) is 60.3 Å². The summed E-state index contributed by atoms with van der Waals surface area (Å²) in [6, 6.07) is 0. The highest BCUT2D eigenvalue weighted by molar-refractivity contribution is 7.15. The van der Waals surface area contributed by atoms with Gasteiger partial charge in [0.25, 0.3) is 0 Å². The third kappa shape index (κ3) is 8.39. The topological polar surface area (TPSA) is 65.5 Å². The Morgan fingerprint density at radius 2 is 1.85 bits per heavy atom. The van der Waals surface area contributed by atoms with Crippen LogP contribution in [0.15, 0.2) is 0 Å². The Morgan fingerprint density at radius 3 is 2.37 bits per heavy atom. The predicted octanol–water partition coefficient (Wildman–Crippen LogP) is 3.70. The van der Waals surface area contributed by atoms with E-state index in [2.05, 4.69) is 29.0 Å². The Hall–Kier alpha value is -1.47. The lowest BCUT2D eigenvalue weighted by atomic mass is 9.97. The zero-order valence-electron chi connectivity index (χ0n) is 17.8.